The number of nitrogens with zero attached hydrogens (tertiary/aromatic N) is 4. The Morgan fingerprint density at radius 3 is 2.88 bits per heavy atom. The number of hydrogen-bond acceptors (Lipinski definition) is 4. The molecule has 0 radical (unpaired) electrons. The van der Waals surface area contributed by atoms with Crippen LogP contribution < -0.4 is 5.32 Å². The average Bonchev–Trinajstić information content (AvgIpc) is 3.30. The Morgan fingerprint density at radius 1 is 1.17 bits per heavy atom. The second kappa shape index (κ2) is 5.12. The molecule has 24 heavy (non-hydrogen) atoms. The number of amides is 1. The van der Waals surface area contributed by atoms with E-state index in [0.717, 1.165) is 35.2 Å². The predicted molar refractivity (Wildman–Crippen MR) is 89.7 cm³/mol. The molecular formula is C18H17N5O. The molecule has 3 heterocycles. The van der Waals surface area contributed by atoms with Crippen LogP contribution in [-0.2, 0) is 4.79 Å². The van der Waals surface area contributed by atoms with E-state index in [0.29, 0.717) is 11.7 Å². The molecule has 6 nitrogen and oxygen atoms in total. The topological polar surface area (TPSA) is 72.7 Å². The fraction of sp³-hybridized carbons (Fsp3) is 0.333. The highest BCUT2D eigenvalue weighted by Gasteiger charge is 2.37. The van der Waals surface area contributed by atoms with Gasteiger partial charge in [0.2, 0.25) is 5.91 Å². The zero-order chi connectivity index (χ0) is 16.1. The first-order valence-electron chi connectivity index (χ1n) is 8.41. The Kier molecular flexibility index (Phi) is 2.92. The zero-order valence-electron chi connectivity index (χ0n) is 13.1. The van der Waals surface area contributed by atoms with Gasteiger partial charge in [0, 0.05) is 11.9 Å². The smallest absolute Gasteiger partial charge is 0.238 e. The summed E-state index contributed by atoms with van der Waals surface area (Å²) in [5.74, 6) is -0.348. The minimum atomic E-state index is -0.349. The lowest BCUT2D eigenvalue weighted by Gasteiger charge is -2.17. The van der Waals surface area contributed by atoms with Crippen molar-refractivity contribution in [2.75, 3.05) is 5.32 Å². The Labute approximate surface area is 138 Å². The summed E-state index contributed by atoms with van der Waals surface area (Å²) in [7, 11) is 0. The average molecular weight is 319 g/mol. The first-order valence-corrected chi connectivity index (χ1v) is 8.41. The van der Waals surface area contributed by atoms with Crippen LogP contribution in [-0.4, -0.2) is 25.7 Å². The number of benzene rings is 1. The quantitative estimate of drug-likeness (QED) is 0.788. The number of hydrogen-bond donors (Lipinski definition) is 1. The van der Waals surface area contributed by atoms with Gasteiger partial charge in [-0.25, -0.2) is 9.97 Å². The molecule has 0 bridgehead atoms. The second-order valence-corrected chi connectivity index (χ2v) is 6.54. The third-order valence-corrected chi connectivity index (χ3v) is 5.15. The maximum Gasteiger partial charge on any atom is 0.238 e. The SMILES string of the molecule is O=C1Nc2ccccc2C1c1c2cncnc2nn1C1CCCC1. The first-order chi connectivity index (χ1) is 11.8. The van der Waals surface area contributed by atoms with Crippen molar-refractivity contribution in [3.63, 3.8) is 0 Å². The van der Waals surface area contributed by atoms with Gasteiger partial charge in [-0.3, -0.25) is 9.48 Å². The van der Waals surface area contributed by atoms with Crippen LogP contribution in [0.3, 0.4) is 0 Å². The van der Waals surface area contributed by atoms with Crippen LogP contribution in [0.25, 0.3) is 11.0 Å². The second-order valence-electron chi connectivity index (χ2n) is 6.54. The molecule has 1 N–H and O–H groups in total. The van der Waals surface area contributed by atoms with E-state index >= 15 is 0 Å². The van der Waals surface area contributed by atoms with Crippen molar-refractivity contribution in [3.8, 4) is 0 Å². The fourth-order valence-corrected chi connectivity index (χ4v) is 4.06. The van der Waals surface area contributed by atoms with Crippen molar-refractivity contribution < 1.29 is 4.79 Å². The van der Waals surface area contributed by atoms with Gasteiger partial charge in [-0.05, 0) is 24.5 Å². The van der Waals surface area contributed by atoms with Crippen LogP contribution in [0.15, 0.2) is 36.8 Å². The summed E-state index contributed by atoms with van der Waals surface area (Å²) in [6.07, 6.45) is 7.92. The molecule has 1 fully saturated rings. The van der Waals surface area contributed by atoms with Gasteiger partial charge in [0.05, 0.1) is 17.1 Å². The highest BCUT2D eigenvalue weighted by Crippen LogP contribution is 2.42. The number of carbonyl (C=O) groups is 1. The monoisotopic (exact) mass is 319 g/mol. The molecular weight excluding hydrogens is 302 g/mol. The van der Waals surface area contributed by atoms with Crippen molar-refractivity contribution in [1.29, 1.82) is 0 Å². The summed E-state index contributed by atoms with van der Waals surface area (Å²) < 4.78 is 2.05. The van der Waals surface area contributed by atoms with E-state index in [1.807, 2.05) is 24.3 Å². The minimum absolute atomic E-state index is 0.00102. The van der Waals surface area contributed by atoms with Crippen LogP contribution in [0, 0.1) is 0 Å². The molecule has 1 aliphatic heterocycles. The predicted octanol–water partition coefficient (Wildman–Crippen LogP) is 3.03. The van der Waals surface area contributed by atoms with Crippen LogP contribution in [0.5, 0.6) is 0 Å². The van der Waals surface area contributed by atoms with Gasteiger partial charge in [-0.15, -0.1) is 0 Å². The fourth-order valence-electron chi connectivity index (χ4n) is 4.06. The highest BCUT2D eigenvalue weighted by atomic mass is 16.2. The van der Waals surface area contributed by atoms with Gasteiger partial charge in [-0.2, -0.15) is 5.10 Å². The van der Waals surface area contributed by atoms with Gasteiger partial charge in [0.15, 0.2) is 5.65 Å². The summed E-state index contributed by atoms with van der Waals surface area (Å²) in [5, 5.41) is 8.61. The van der Waals surface area contributed by atoms with Crippen molar-refractivity contribution >= 4 is 22.6 Å². The van der Waals surface area contributed by atoms with Gasteiger partial charge in [0.25, 0.3) is 0 Å². The van der Waals surface area contributed by atoms with E-state index in [4.69, 9.17) is 5.10 Å². The summed E-state index contributed by atoms with van der Waals surface area (Å²) >= 11 is 0. The standard InChI is InChI=1S/C18H17N5O/c24-18-15(12-7-3-4-8-14(12)21-18)16-13-9-19-10-20-17(13)22-23(16)11-5-1-2-6-11/h3-4,7-11,15H,1-2,5-6H2,(H,21,24). The Bertz CT molecular complexity index is 941. The third kappa shape index (κ3) is 1.89. The number of anilines is 1. The summed E-state index contributed by atoms with van der Waals surface area (Å²) in [4.78, 5) is 21.2. The third-order valence-electron chi connectivity index (χ3n) is 5.15. The maximum absolute atomic E-state index is 12.7. The largest absolute Gasteiger partial charge is 0.325 e. The molecule has 120 valence electrons. The molecule has 1 aliphatic carbocycles. The van der Waals surface area contributed by atoms with Crippen LogP contribution in [0.2, 0.25) is 0 Å². The molecule has 3 aromatic rings. The number of nitrogens with one attached hydrogen (secondary N) is 1. The molecule has 1 saturated carbocycles. The molecule has 0 spiro atoms. The van der Waals surface area contributed by atoms with Crippen LogP contribution in [0.1, 0.15) is 48.9 Å². The highest BCUT2D eigenvalue weighted by molar-refractivity contribution is 6.06. The van der Waals surface area contributed by atoms with E-state index < -0.39 is 0 Å². The number of fused-ring (bicyclic) bond motifs is 2. The van der Waals surface area contributed by atoms with Gasteiger partial charge in [0.1, 0.15) is 12.2 Å². The summed E-state index contributed by atoms with van der Waals surface area (Å²) in [6.45, 7) is 0. The molecule has 2 aromatic heterocycles. The Balaban J connectivity index is 1.76. The number of para-hydroxylation sites is 1. The van der Waals surface area contributed by atoms with Crippen molar-refractivity contribution in [2.24, 2.45) is 0 Å². The molecule has 1 amide bonds. The normalized spacial score (nSPS) is 20.5. The molecule has 0 saturated heterocycles. The van der Waals surface area contributed by atoms with Crippen molar-refractivity contribution in [2.45, 2.75) is 37.6 Å². The lowest BCUT2D eigenvalue weighted by Crippen LogP contribution is -2.19. The van der Waals surface area contributed by atoms with Crippen molar-refractivity contribution in [3.05, 3.63) is 48.0 Å². The van der Waals surface area contributed by atoms with Gasteiger partial charge < -0.3 is 5.32 Å². The van der Waals surface area contributed by atoms with Gasteiger partial charge in [-0.1, -0.05) is 31.0 Å². The molecule has 5 rings (SSSR count). The number of rotatable bonds is 2. The van der Waals surface area contributed by atoms with E-state index in [2.05, 4.69) is 20.0 Å². The summed E-state index contributed by atoms with van der Waals surface area (Å²) in [6, 6.07) is 8.22. The lowest BCUT2D eigenvalue weighted by molar-refractivity contribution is -0.116. The lowest BCUT2D eigenvalue weighted by atomic mass is 9.95. The van der Waals surface area contributed by atoms with Crippen LogP contribution in [0.4, 0.5) is 5.69 Å². The zero-order valence-corrected chi connectivity index (χ0v) is 13.1. The Morgan fingerprint density at radius 2 is 2.00 bits per heavy atom. The van der Waals surface area contributed by atoms with E-state index in [-0.39, 0.29) is 11.8 Å². The molecule has 1 unspecified atom stereocenters. The van der Waals surface area contributed by atoms with E-state index in [1.54, 1.807) is 6.20 Å². The maximum atomic E-state index is 12.7. The molecule has 1 aromatic carbocycles. The molecule has 2 aliphatic rings. The van der Waals surface area contributed by atoms with Crippen LogP contribution >= 0.6 is 0 Å². The first kappa shape index (κ1) is 13.7. The number of aromatic nitrogens is 4. The van der Waals surface area contributed by atoms with Gasteiger partial charge >= 0.3 is 0 Å². The summed E-state index contributed by atoms with van der Waals surface area (Å²) in [5.41, 5.74) is 3.49. The van der Waals surface area contributed by atoms with E-state index in [1.165, 1.54) is 19.2 Å². The van der Waals surface area contributed by atoms with Crippen molar-refractivity contribution in [1.82, 2.24) is 19.7 Å². The number of carbonyl (C=O) groups excluding carboxylic acids is 1. The minimum Gasteiger partial charge on any atom is -0.325 e. The van der Waals surface area contributed by atoms with E-state index in [9.17, 15) is 4.79 Å². The Hall–Kier alpha value is -2.76. The molecule has 1 atom stereocenters. The molecule has 6 heteroatoms.